The zero-order valence-electron chi connectivity index (χ0n) is 13.1. The van der Waals surface area contributed by atoms with Gasteiger partial charge in [-0.15, -0.1) is 0 Å². The number of alkyl halides is 2. The Morgan fingerprint density at radius 3 is 1.82 bits per heavy atom. The van der Waals surface area contributed by atoms with Gasteiger partial charge < -0.3 is 0 Å². The fraction of sp³-hybridized carbons (Fsp3) is 0.875. The zero-order valence-corrected chi connectivity index (χ0v) is 13.1. The lowest BCUT2D eigenvalue weighted by Crippen LogP contribution is -2.32. The molecule has 0 aromatic heterocycles. The van der Waals surface area contributed by atoms with Crippen molar-refractivity contribution in [1.82, 2.24) is 0 Å². The third-order valence-electron chi connectivity index (χ3n) is 3.74. The molecular formula is C16H26F4O2. The van der Waals surface area contributed by atoms with E-state index in [2.05, 4.69) is 6.92 Å². The average Bonchev–Trinajstić information content (AvgIpc) is 2.46. The first-order valence-corrected chi connectivity index (χ1v) is 8.06. The average molecular weight is 326 g/mol. The van der Waals surface area contributed by atoms with E-state index >= 15 is 0 Å². The monoisotopic (exact) mass is 326 g/mol. The van der Waals surface area contributed by atoms with E-state index in [1.807, 2.05) is 0 Å². The van der Waals surface area contributed by atoms with Gasteiger partial charge in [0.25, 0.3) is 0 Å². The smallest absolute Gasteiger partial charge is 0.261 e. The Morgan fingerprint density at radius 1 is 0.864 bits per heavy atom. The van der Waals surface area contributed by atoms with Crippen LogP contribution in [0.25, 0.3) is 0 Å². The van der Waals surface area contributed by atoms with Crippen LogP contribution in [0.1, 0.15) is 71.1 Å². The van der Waals surface area contributed by atoms with Crippen LogP contribution < -0.4 is 0 Å². The van der Waals surface area contributed by atoms with E-state index < -0.39 is 36.8 Å². The Hall–Kier alpha value is -0.940. The van der Waals surface area contributed by atoms with Crippen LogP contribution in [0.2, 0.25) is 0 Å². The highest BCUT2D eigenvalue weighted by Crippen LogP contribution is 2.24. The lowest BCUT2D eigenvalue weighted by molar-refractivity contribution is -0.143. The third kappa shape index (κ3) is 9.90. The molecule has 0 spiro atoms. The summed E-state index contributed by atoms with van der Waals surface area (Å²) in [5, 5.41) is 0. The molecule has 0 aliphatic rings. The van der Waals surface area contributed by atoms with Crippen molar-refractivity contribution in [1.29, 1.82) is 0 Å². The molecule has 0 aliphatic heterocycles. The molecule has 0 amide bonds. The molecule has 6 heteroatoms. The Kier molecular flexibility index (Phi) is 12.1. The van der Waals surface area contributed by atoms with Crippen LogP contribution >= 0.6 is 0 Å². The van der Waals surface area contributed by atoms with E-state index in [4.69, 9.17) is 0 Å². The lowest BCUT2D eigenvalue weighted by Gasteiger charge is -2.18. The van der Waals surface area contributed by atoms with Crippen molar-refractivity contribution < 1.29 is 27.2 Å². The first-order chi connectivity index (χ1) is 10.4. The summed E-state index contributed by atoms with van der Waals surface area (Å²) in [6.45, 7) is 2.13. The topological polar surface area (TPSA) is 34.1 Å². The van der Waals surface area contributed by atoms with Gasteiger partial charge in [0, 0.05) is 0 Å². The van der Waals surface area contributed by atoms with Gasteiger partial charge in [-0.2, -0.15) is 8.78 Å². The van der Waals surface area contributed by atoms with Crippen molar-refractivity contribution in [2.24, 2.45) is 5.92 Å². The Balaban J connectivity index is 3.91. The van der Waals surface area contributed by atoms with Gasteiger partial charge in [-0.05, 0) is 6.42 Å². The van der Waals surface area contributed by atoms with Crippen LogP contribution in [0.5, 0.6) is 0 Å². The van der Waals surface area contributed by atoms with E-state index in [-0.39, 0.29) is 6.42 Å². The molecule has 0 rings (SSSR count). The fourth-order valence-corrected chi connectivity index (χ4v) is 2.38. The predicted octanol–water partition coefficient (Wildman–Crippen LogP) is 5.19. The zero-order chi connectivity index (χ0) is 17.0. The quantitative estimate of drug-likeness (QED) is 0.250. The minimum atomic E-state index is -2.47. The highest BCUT2D eigenvalue weighted by Gasteiger charge is 2.36. The third-order valence-corrected chi connectivity index (χ3v) is 3.74. The minimum Gasteiger partial charge on any atom is -0.261 e. The number of halogens is 4. The van der Waals surface area contributed by atoms with Gasteiger partial charge in [0.1, 0.15) is 12.3 Å². The van der Waals surface area contributed by atoms with E-state index in [0.717, 1.165) is 32.1 Å². The number of unbranched alkanes of at least 4 members (excludes halogenated alkanes) is 7. The first-order valence-electron chi connectivity index (χ1n) is 8.06. The second kappa shape index (κ2) is 12.6. The number of carbonyl (C=O) groups excluding carboxylic acids is 2. The Morgan fingerprint density at radius 2 is 1.36 bits per heavy atom. The fourth-order valence-electron chi connectivity index (χ4n) is 2.38. The molecule has 0 saturated carbocycles. The van der Waals surface area contributed by atoms with Crippen LogP contribution in [0, 0.1) is 5.92 Å². The van der Waals surface area contributed by atoms with E-state index in [1.54, 1.807) is 0 Å². The van der Waals surface area contributed by atoms with Crippen molar-refractivity contribution in [3.8, 4) is 0 Å². The molecule has 0 radical (unpaired) electrons. The van der Waals surface area contributed by atoms with Crippen molar-refractivity contribution in [2.75, 3.05) is 0 Å². The maximum Gasteiger partial charge on any atom is 0.308 e. The van der Waals surface area contributed by atoms with Gasteiger partial charge in [-0.3, -0.25) is 9.59 Å². The second-order valence-electron chi connectivity index (χ2n) is 5.69. The summed E-state index contributed by atoms with van der Waals surface area (Å²) in [6, 6.07) is -4.20. The molecule has 0 heterocycles. The molecule has 3 atom stereocenters. The molecule has 3 unspecified atom stereocenters. The number of rotatable bonds is 14. The van der Waals surface area contributed by atoms with Crippen molar-refractivity contribution in [2.45, 2.75) is 83.5 Å². The van der Waals surface area contributed by atoms with Crippen molar-refractivity contribution in [3.05, 3.63) is 0 Å². The molecule has 0 fully saturated rings. The van der Waals surface area contributed by atoms with E-state index in [9.17, 15) is 27.2 Å². The molecule has 22 heavy (non-hydrogen) atoms. The van der Waals surface area contributed by atoms with Gasteiger partial charge in [-0.1, -0.05) is 58.3 Å². The summed E-state index contributed by atoms with van der Waals surface area (Å²) in [5.41, 5.74) is 0. The van der Waals surface area contributed by atoms with Gasteiger partial charge in [0.15, 0.2) is 0 Å². The number of carbonyl (C=O) groups is 2. The van der Waals surface area contributed by atoms with Gasteiger partial charge in [0.05, 0.1) is 12.3 Å². The summed E-state index contributed by atoms with van der Waals surface area (Å²) in [6.07, 6.45) is 1.85. The van der Waals surface area contributed by atoms with Crippen molar-refractivity contribution >= 4 is 12.1 Å². The summed E-state index contributed by atoms with van der Waals surface area (Å²) in [5.74, 6) is -2.17. The predicted molar refractivity (Wildman–Crippen MR) is 77.4 cm³/mol. The van der Waals surface area contributed by atoms with E-state index in [1.165, 1.54) is 12.8 Å². The van der Waals surface area contributed by atoms with Crippen LogP contribution in [0.4, 0.5) is 17.6 Å². The SMILES string of the molecule is CCCCCCCCCCC(F)C(F)C(CC(=O)F)C(=O)F. The minimum absolute atomic E-state index is 0.152. The lowest BCUT2D eigenvalue weighted by atomic mass is 9.94. The molecular weight excluding hydrogens is 300 g/mol. The second-order valence-corrected chi connectivity index (χ2v) is 5.69. The summed E-state index contributed by atoms with van der Waals surface area (Å²) in [4.78, 5) is 20.8. The largest absolute Gasteiger partial charge is 0.308 e. The Labute approximate surface area is 129 Å². The normalized spacial score (nSPS) is 15.3. The summed E-state index contributed by atoms with van der Waals surface area (Å²) >= 11 is 0. The van der Waals surface area contributed by atoms with Crippen LogP contribution in [0.3, 0.4) is 0 Å². The molecule has 0 aliphatic carbocycles. The highest BCUT2D eigenvalue weighted by molar-refractivity contribution is 5.79. The van der Waals surface area contributed by atoms with Crippen LogP contribution in [-0.2, 0) is 9.59 Å². The molecule has 0 saturated heterocycles. The van der Waals surface area contributed by atoms with Gasteiger partial charge in [-0.25, -0.2) is 8.78 Å². The molecule has 130 valence electrons. The number of hydrogen-bond donors (Lipinski definition) is 0. The maximum absolute atomic E-state index is 13.6. The van der Waals surface area contributed by atoms with E-state index in [0.29, 0.717) is 6.42 Å². The van der Waals surface area contributed by atoms with Crippen LogP contribution in [-0.4, -0.2) is 24.4 Å². The van der Waals surface area contributed by atoms with Gasteiger partial charge >= 0.3 is 12.1 Å². The Bertz CT molecular complexity index is 323. The molecule has 2 nitrogen and oxygen atoms in total. The summed E-state index contributed by atoms with van der Waals surface area (Å²) in [7, 11) is 0. The molecule has 0 aromatic carbocycles. The van der Waals surface area contributed by atoms with Crippen LogP contribution in [0.15, 0.2) is 0 Å². The standard InChI is InChI=1S/C16H26F4O2/c1-2-3-4-5-6-7-8-9-10-13(17)15(19)12(16(20)22)11-14(18)21/h12-13,15H,2-11H2,1H3. The van der Waals surface area contributed by atoms with Gasteiger partial charge in [0.2, 0.25) is 0 Å². The summed E-state index contributed by atoms with van der Waals surface area (Å²) < 4.78 is 52.0. The van der Waals surface area contributed by atoms with Crippen molar-refractivity contribution in [3.63, 3.8) is 0 Å². The molecule has 0 N–H and O–H groups in total. The number of hydrogen-bond acceptors (Lipinski definition) is 2. The molecule has 0 bridgehead atoms. The molecule has 0 aromatic rings. The first kappa shape index (κ1) is 21.1. The highest BCUT2D eigenvalue weighted by atomic mass is 19.2. The maximum atomic E-state index is 13.6.